The van der Waals surface area contributed by atoms with Crippen molar-refractivity contribution in [2.45, 2.75) is 4.90 Å². The lowest BCUT2D eigenvalue weighted by atomic mass is 10.3. The van der Waals surface area contributed by atoms with Crippen LogP contribution in [0.15, 0.2) is 35.2 Å². The molecule has 4 nitrogen and oxygen atoms in total. The first kappa shape index (κ1) is 15.1. The zero-order chi connectivity index (χ0) is 15.8. The Morgan fingerprint density at radius 2 is 1.48 bits per heavy atom. The number of nitrogens with one attached hydrogen (secondary N) is 1. The standard InChI is InChI=1S/C12H8F4N2O2S/c13-6-1-2-11(10(17)5-6)18-21(19,20)12-8(15)3-7(14)4-9(12)16/h1-5,18H,17H2. The predicted octanol–water partition coefficient (Wildman–Crippen LogP) is 2.63. The van der Waals surface area contributed by atoms with Gasteiger partial charge in [-0.2, -0.15) is 0 Å². The Bertz CT molecular complexity index is 786. The zero-order valence-electron chi connectivity index (χ0n) is 10.2. The molecule has 2 rings (SSSR count). The third kappa shape index (κ3) is 3.07. The van der Waals surface area contributed by atoms with E-state index in [1.54, 1.807) is 0 Å². The lowest BCUT2D eigenvalue weighted by molar-refractivity contribution is 0.498. The summed E-state index contributed by atoms with van der Waals surface area (Å²) in [4.78, 5) is -1.35. The lowest BCUT2D eigenvalue weighted by Gasteiger charge is -2.11. The molecule has 0 atom stereocenters. The smallest absolute Gasteiger partial charge is 0.267 e. The minimum Gasteiger partial charge on any atom is -0.397 e. The van der Waals surface area contributed by atoms with Crippen molar-refractivity contribution in [3.05, 3.63) is 53.6 Å². The van der Waals surface area contributed by atoms with E-state index < -0.39 is 38.2 Å². The van der Waals surface area contributed by atoms with Crippen LogP contribution in [0.4, 0.5) is 28.9 Å². The number of hydrogen-bond donors (Lipinski definition) is 2. The van der Waals surface area contributed by atoms with Gasteiger partial charge in [-0.1, -0.05) is 0 Å². The second kappa shape index (κ2) is 5.24. The van der Waals surface area contributed by atoms with Gasteiger partial charge in [0.15, 0.2) is 4.90 Å². The highest BCUT2D eigenvalue weighted by Gasteiger charge is 2.25. The summed E-state index contributed by atoms with van der Waals surface area (Å²) >= 11 is 0. The van der Waals surface area contributed by atoms with E-state index in [2.05, 4.69) is 0 Å². The number of sulfonamides is 1. The Balaban J connectivity index is 2.48. The molecule has 0 aliphatic rings. The van der Waals surface area contributed by atoms with Gasteiger partial charge in [0.2, 0.25) is 0 Å². The summed E-state index contributed by atoms with van der Waals surface area (Å²) in [5.74, 6) is -5.17. The molecule has 112 valence electrons. The van der Waals surface area contributed by atoms with E-state index in [-0.39, 0.29) is 23.5 Å². The molecule has 0 amide bonds. The largest absolute Gasteiger partial charge is 0.397 e. The van der Waals surface area contributed by atoms with E-state index in [1.165, 1.54) is 0 Å². The Hall–Kier alpha value is -2.29. The number of halogens is 4. The Labute approximate surface area is 117 Å². The molecule has 0 aromatic heterocycles. The Morgan fingerprint density at radius 3 is 2.00 bits per heavy atom. The molecule has 2 aromatic carbocycles. The number of nitrogen functional groups attached to an aromatic ring is 1. The average Bonchev–Trinajstić information content (AvgIpc) is 2.30. The fourth-order valence-electron chi connectivity index (χ4n) is 1.61. The van der Waals surface area contributed by atoms with Gasteiger partial charge >= 0.3 is 0 Å². The molecule has 3 N–H and O–H groups in total. The predicted molar refractivity (Wildman–Crippen MR) is 67.9 cm³/mol. The van der Waals surface area contributed by atoms with Crippen molar-refractivity contribution in [2.75, 3.05) is 10.5 Å². The fraction of sp³-hybridized carbons (Fsp3) is 0. The normalized spacial score (nSPS) is 11.4. The minimum absolute atomic E-state index is 0.228. The summed E-state index contributed by atoms with van der Waals surface area (Å²) in [5.41, 5.74) is 4.85. The summed E-state index contributed by atoms with van der Waals surface area (Å²) in [6.45, 7) is 0. The third-order valence-electron chi connectivity index (χ3n) is 2.49. The molecule has 0 aliphatic carbocycles. The SMILES string of the molecule is Nc1cc(F)ccc1NS(=O)(=O)c1c(F)cc(F)cc1F. The van der Waals surface area contributed by atoms with Crippen LogP contribution in [0, 0.1) is 23.3 Å². The van der Waals surface area contributed by atoms with E-state index in [0.717, 1.165) is 18.2 Å². The van der Waals surface area contributed by atoms with Crippen LogP contribution in [0.2, 0.25) is 0 Å². The van der Waals surface area contributed by atoms with Crippen LogP contribution < -0.4 is 10.5 Å². The molecule has 0 bridgehead atoms. The molecule has 0 radical (unpaired) electrons. The van der Waals surface area contributed by atoms with Crippen molar-refractivity contribution >= 4 is 21.4 Å². The van der Waals surface area contributed by atoms with Gasteiger partial charge in [0.1, 0.15) is 23.3 Å². The number of benzene rings is 2. The number of nitrogens with two attached hydrogens (primary N) is 1. The van der Waals surface area contributed by atoms with Crippen LogP contribution >= 0.6 is 0 Å². The van der Waals surface area contributed by atoms with E-state index in [9.17, 15) is 26.0 Å². The van der Waals surface area contributed by atoms with Gasteiger partial charge in [-0.15, -0.1) is 0 Å². The molecule has 0 unspecified atom stereocenters. The Morgan fingerprint density at radius 1 is 0.905 bits per heavy atom. The van der Waals surface area contributed by atoms with Gasteiger partial charge < -0.3 is 5.73 Å². The summed E-state index contributed by atoms with van der Waals surface area (Å²) in [6.07, 6.45) is 0. The van der Waals surface area contributed by atoms with Crippen LogP contribution in [-0.2, 0) is 10.0 Å². The average molecular weight is 320 g/mol. The molecule has 0 saturated carbocycles. The van der Waals surface area contributed by atoms with Gasteiger partial charge in [-0.3, -0.25) is 4.72 Å². The molecular formula is C12H8F4N2O2S. The van der Waals surface area contributed by atoms with Gasteiger partial charge in [0, 0.05) is 12.1 Å². The number of anilines is 2. The van der Waals surface area contributed by atoms with E-state index in [0.29, 0.717) is 0 Å². The monoisotopic (exact) mass is 320 g/mol. The molecular weight excluding hydrogens is 312 g/mol. The van der Waals surface area contributed by atoms with Gasteiger partial charge in [0.05, 0.1) is 11.4 Å². The molecule has 0 aliphatic heterocycles. The molecule has 9 heteroatoms. The second-order valence-electron chi connectivity index (χ2n) is 4.04. The lowest BCUT2D eigenvalue weighted by Crippen LogP contribution is -2.17. The minimum atomic E-state index is -4.70. The van der Waals surface area contributed by atoms with Crippen molar-refractivity contribution in [3.8, 4) is 0 Å². The highest BCUT2D eigenvalue weighted by Crippen LogP contribution is 2.26. The van der Waals surface area contributed by atoms with Crippen molar-refractivity contribution in [2.24, 2.45) is 0 Å². The first-order valence-corrected chi connectivity index (χ1v) is 6.91. The molecule has 0 fully saturated rings. The maximum absolute atomic E-state index is 13.5. The van der Waals surface area contributed by atoms with Crippen molar-refractivity contribution in [3.63, 3.8) is 0 Å². The van der Waals surface area contributed by atoms with Crippen LogP contribution in [-0.4, -0.2) is 8.42 Å². The molecule has 0 heterocycles. The highest BCUT2D eigenvalue weighted by atomic mass is 32.2. The molecule has 0 spiro atoms. The number of rotatable bonds is 3. The van der Waals surface area contributed by atoms with Gasteiger partial charge in [-0.25, -0.2) is 26.0 Å². The fourth-order valence-corrected chi connectivity index (χ4v) is 2.82. The van der Waals surface area contributed by atoms with E-state index in [4.69, 9.17) is 5.73 Å². The van der Waals surface area contributed by atoms with Gasteiger partial charge in [0.25, 0.3) is 10.0 Å². The quantitative estimate of drug-likeness (QED) is 0.674. The summed E-state index contributed by atoms with van der Waals surface area (Å²) < 4.78 is 78.3. The first-order chi connectivity index (χ1) is 9.70. The Kier molecular flexibility index (Phi) is 3.77. The topological polar surface area (TPSA) is 72.2 Å². The zero-order valence-corrected chi connectivity index (χ0v) is 11.0. The van der Waals surface area contributed by atoms with Crippen molar-refractivity contribution in [1.82, 2.24) is 0 Å². The van der Waals surface area contributed by atoms with E-state index in [1.807, 2.05) is 4.72 Å². The third-order valence-corrected chi connectivity index (χ3v) is 3.91. The van der Waals surface area contributed by atoms with Crippen molar-refractivity contribution in [1.29, 1.82) is 0 Å². The van der Waals surface area contributed by atoms with E-state index >= 15 is 0 Å². The number of hydrogen-bond acceptors (Lipinski definition) is 3. The molecule has 2 aromatic rings. The summed E-state index contributed by atoms with van der Waals surface area (Å²) in [7, 11) is -4.70. The van der Waals surface area contributed by atoms with Crippen molar-refractivity contribution < 1.29 is 26.0 Å². The van der Waals surface area contributed by atoms with Gasteiger partial charge in [-0.05, 0) is 18.2 Å². The van der Waals surface area contributed by atoms with Crippen LogP contribution in [0.5, 0.6) is 0 Å². The summed E-state index contributed by atoms with van der Waals surface area (Å²) in [6, 6.07) is 3.18. The maximum atomic E-state index is 13.5. The summed E-state index contributed by atoms with van der Waals surface area (Å²) in [5, 5.41) is 0. The first-order valence-electron chi connectivity index (χ1n) is 5.43. The highest BCUT2D eigenvalue weighted by molar-refractivity contribution is 7.92. The molecule has 21 heavy (non-hydrogen) atoms. The van der Waals surface area contributed by atoms with Crippen LogP contribution in [0.3, 0.4) is 0 Å². The van der Waals surface area contributed by atoms with Crippen LogP contribution in [0.1, 0.15) is 0 Å². The molecule has 0 saturated heterocycles. The van der Waals surface area contributed by atoms with Crippen LogP contribution in [0.25, 0.3) is 0 Å². The second-order valence-corrected chi connectivity index (χ2v) is 5.65. The maximum Gasteiger partial charge on any atom is 0.267 e.